The summed E-state index contributed by atoms with van der Waals surface area (Å²) in [6.45, 7) is 5.81. The number of nitrogens with one attached hydrogen (secondary N) is 1. The minimum absolute atomic E-state index is 0.0262. The highest BCUT2D eigenvalue weighted by atomic mass is 16.4. The van der Waals surface area contributed by atoms with Gasteiger partial charge in [-0.1, -0.05) is 20.8 Å². The van der Waals surface area contributed by atoms with Gasteiger partial charge in [0.1, 0.15) is 0 Å². The van der Waals surface area contributed by atoms with Crippen LogP contribution in [-0.4, -0.2) is 21.8 Å². The molecule has 6 heteroatoms. The van der Waals surface area contributed by atoms with Gasteiger partial charge in [0.05, 0.1) is 5.66 Å². The van der Waals surface area contributed by atoms with E-state index in [-0.39, 0.29) is 11.3 Å². The van der Waals surface area contributed by atoms with Crippen molar-refractivity contribution in [3.8, 4) is 0 Å². The van der Waals surface area contributed by atoms with Gasteiger partial charge in [0.15, 0.2) is 0 Å². The Kier molecular flexibility index (Phi) is 2.27. The molecule has 1 aromatic heterocycles. The Morgan fingerprint density at radius 3 is 2.50 bits per heavy atom. The van der Waals surface area contributed by atoms with Crippen molar-refractivity contribution in [3.05, 3.63) is 11.8 Å². The molecule has 88 valence electrons. The van der Waals surface area contributed by atoms with Crippen molar-refractivity contribution in [3.63, 3.8) is 0 Å². The average molecular weight is 224 g/mol. The van der Waals surface area contributed by atoms with Crippen molar-refractivity contribution < 1.29 is 9.21 Å². The number of nitrogens with zero attached hydrogens (tertiary/aromatic N) is 2. The third kappa shape index (κ3) is 2.21. The van der Waals surface area contributed by atoms with Crippen molar-refractivity contribution in [2.45, 2.75) is 44.7 Å². The number of aromatic nitrogens is 2. The monoisotopic (exact) mass is 224 g/mol. The van der Waals surface area contributed by atoms with E-state index in [2.05, 4.69) is 15.5 Å². The summed E-state index contributed by atoms with van der Waals surface area (Å²) in [6, 6.07) is 0. The van der Waals surface area contributed by atoms with Gasteiger partial charge in [0, 0.05) is 5.41 Å². The predicted molar refractivity (Wildman–Crippen MR) is 56.6 cm³/mol. The summed E-state index contributed by atoms with van der Waals surface area (Å²) in [5.41, 5.74) is 4.94. The van der Waals surface area contributed by atoms with E-state index in [1.807, 2.05) is 20.8 Å². The number of hydrogen-bond acceptors (Lipinski definition) is 5. The molecule has 1 saturated carbocycles. The van der Waals surface area contributed by atoms with E-state index < -0.39 is 11.6 Å². The fraction of sp³-hybridized carbons (Fsp3) is 0.700. The zero-order valence-corrected chi connectivity index (χ0v) is 9.70. The van der Waals surface area contributed by atoms with E-state index in [0.717, 1.165) is 12.8 Å². The number of hydrogen-bond donors (Lipinski definition) is 2. The summed E-state index contributed by atoms with van der Waals surface area (Å²) in [5.74, 6) is 0.0177. The molecular formula is C10H16N4O2. The number of amides is 1. The molecule has 0 aromatic carbocycles. The first-order valence-electron chi connectivity index (χ1n) is 5.26. The third-order valence-electron chi connectivity index (χ3n) is 2.41. The Morgan fingerprint density at radius 2 is 2.06 bits per heavy atom. The molecule has 0 aliphatic heterocycles. The summed E-state index contributed by atoms with van der Waals surface area (Å²) >= 11 is 0. The zero-order chi connectivity index (χ0) is 12.0. The largest absolute Gasteiger partial charge is 0.416 e. The van der Waals surface area contributed by atoms with Gasteiger partial charge in [0.25, 0.3) is 0 Å². The van der Waals surface area contributed by atoms with Crippen LogP contribution in [0, 0.1) is 0 Å². The fourth-order valence-electron chi connectivity index (χ4n) is 1.16. The van der Waals surface area contributed by atoms with Crippen LogP contribution >= 0.6 is 0 Å². The lowest BCUT2D eigenvalue weighted by Crippen LogP contribution is -2.43. The standard InChI is InChI=1S/C10H16N4O2/c1-9(2,3)8-14-13-7(16-8)6(15)12-10(11)4-5-10/h4-5,11H2,1-3H3,(H,12,15). The predicted octanol–water partition coefficient (Wildman–Crippen LogP) is 0.546. The summed E-state index contributed by atoms with van der Waals surface area (Å²) in [6.07, 6.45) is 1.58. The molecule has 1 aliphatic rings. The third-order valence-corrected chi connectivity index (χ3v) is 2.41. The van der Waals surface area contributed by atoms with E-state index >= 15 is 0 Å². The molecule has 1 fully saturated rings. The first-order chi connectivity index (χ1) is 7.30. The lowest BCUT2D eigenvalue weighted by atomic mass is 9.97. The topological polar surface area (TPSA) is 94.0 Å². The highest BCUT2D eigenvalue weighted by molar-refractivity contribution is 5.90. The number of nitrogens with two attached hydrogens (primary N) is 1. The highest BCUT2D eigenvalue weighted by Crippen LogP contribution is 2.29. The first kappa shape index (κ1) is 11.1. The molecule has 1 aromatic rings. The van der Waals surface area contributed by atoms with Gasteiger partial charge in [-0.15, -0.1) is 10.2 Å². The molecule has 2 rings (SSSR count). The molecule has 3 N–H and O–H groups in total. The molecule has 1 amide bonds. The molecule has 0 radical (unpaired) electrons. The van der Waals surface area contributed by atoms with E-state index in [1.165, 1.54) is 0 Å². The van der Waals surface area contributed by atoms with Crippen LogP contribution in [0.3, 0.4) is 0 Å². The van der Waals surface area contributed by atoms with Crippen molar-refractivity contribution in [1.82, 2.24) is 15.5 Å². The molecule has 0 spiro atoms. The summed E-state index contributed by atoms with van der Waals surface area (Å²) in [7, 11) is 0. The molecule has 1 aliphatic carbocycles. The Hall–Kier alpha value is -1.43. The molecule has 0 atom stereocenters. The van der Waals surface area contributed by atoms with E-state index in [0.29, 0.717) is 5.89 Å². The number of rotatable bonds is 2. The van der Waals surface area contributed by atoms with Crippen LogP contribution in [0.4, 0.5) is 0 Å². The maximum Gasteiger partial charge on any atom is 0.310 e. The molecule has 16 heavy (non-hydrogen) atoms. The average Bonchev–Trinajstić information content (AvgIpc) is 2.68. The molecule has 6 nitrogen and oxygen atoms in total. The zero-order valence-electron chi connectivity index (χ0n) is 9.70. The van der Waals surface area contributed by atoms with E-state index in [1.54, 1.807) is 0 Å². The van der Waals surface area contributed by atoms with Gasteiger partial charge >= 0.3 is 11.8 Å². The van der Waals surface area contributed by atoms with Crippen LogP contribution in [0.1, 0.15) is 50.2 Å². The molecule has 1 heterocycles. The second-order valence-electron chi connectivity index (χ2n) is 5.27. The van der Waals surface area contributed by atoms with Gasteiger partial charge in [-0.3, -0.25) is 4.79 Å². The lowest BCUT2D eigenvalue weighted by molar-refractivity contribution is 0.0894. The van der Waals surface area contributed by atoms with Gasteiger partial charge in [-0.05, 0) is 12.8 Å². The molecular weight excluding hydrogens is 208 g/mol. The van der Waals surface area contributed by atoms with Crippen LogP contribution in [0.25, 0.3) is 0 Å². The van der Waals surface area contributed by atoms with Crippen LogP contribution in [0.5, 0.6) is 0 Å². The summed E-state index contributed by atoms with van der Waals surface area (Å²) in [4.78, 5) is 11.7. The second kappa shape index (κ2) is 3.28. The van der Waals surface area contributed by atoms with E-state index in [4.69, 9.17) is 10.2 Å². The van der Waals surface area contributed by atoms with Crippen molar-refractivity contribution >= 4 is 5.91 Å². The van der Waals surface area contributed by atoms with Gasteiger partial charge in [-0.2, -0.15) is 0 Å². The number of carbonyl (C=O) groups excluding carboxylic acids is 1. The van der Waals surface area contributed by atoms with Crippen molar-refractivity contribution in [2.75, 3.05) is 0 Å². The number of carbonyl (C=O) groups is 1. The summed E-state index contributed by atoms with van der Waals surface area (Å²) in [5, 5.41) is 10.2. The van der Waals surface area contributed by atoms with Gasteiger partial charge in [-0.25, -0.2) is 0 Å². The summed E-state index contributed by atoms with van der Waals surface area (Å²) < 4.78 is 5.29. The van der Waals surface area contributed by atoms with Crippen molar-refractivity contribution in [2.24, 2.45) is 5.73 Å². The normalized spacial score (nSPS) is 18.2. The van der Waals surface area contributed by atoms with Crippen LogP contribution in [-0.2, 0) is 5.41 Å². The minimum atomic E-state index is -0.562. The second-order valence-corrected chi connectivity index (χ2v) is 5.27. The van der Waals surface area contributed by atoms with E-state index in [9.17, 15) is 4.79 Å². The SMILES string of the molecule is CC(C)(C)c1nnc(C(=O)NC2(N)CC2)o1. The van der Waals surface area contributed by atoms with Crippen LogP contribution in [0.2, 0.25) is 0 Å². The Morgan fingerprint density at radius 1 is 1.44 bits per heavy atom. The Labute approximate surface area is 93.6 Å². The molecule has 0 bridgehead atoms. The highest BCUT2D eigenvalue weighted by Gasteiger charge is 2.41. The minimum Gasteiger partial charge on any atom is -0.416 e. The molecule has 0 unspecified atom stereocenters. The fourth-order valence-corrected chi connectivity index (χ4v) is 1.16. The lowest BCUT2D eigenvalue weighted by Gasteiger charge is -2.11. The van der Waals surface area contributed by atoms with Crippen LogP contribution < -0.4 is 11.1 Å². The van der Waals surface area contributed by atoms with Gasteiger partial charge < -0.3 is 15.5 Å². The van der Waals surface area contributed by atoms with Crippen molar-refractivity contribution in [1.29, 1.82) is 0 Å². The molecule has 0 saturated heterocycles. The Balaban J connectivity index is 2.09. The van der Waals surface area contributed by atoms with Gasteiger partial charge in [0.2, 0.25) is 5.89 Å². The first-order valence-corrected chi connectivity index (χ1v) is 5.26. The maximum absolute atomic E-state index is 11.7. The Bertz CT molecular complexity index is 415. The maximum atomic E-state index is 11.7. The van der Waals surface area contributed by atoms with Crippen LogP contribution in [0.15, 0.2) is 4.42 Å². The smallest absolute Gasteiger partial charge is 0.310 e. The quantitative estimate of drug-likeness (QED) is 0.715.